The number of fused-ring (bicyclic) bond motifs is 5. The maximum Gasteiger partial charge on any atom is 0.160 e. The third kappa shape index (κ3) is 4.30. The van der Waals surface area contributed by atoms with E-state index in [1.807, 2.05) is 48.5 Å². The van der Waals surface area contributed by atoms with Crippen molar-refractivity contribution in [3.8, 4) is 45.2 Å². The van der Waals surface area contributed by atoms with Gasteiger partial charge in [0.25, 0.3) is 0 Å². The molecule has 0 unspecified atom stereocenters. The van der Waals surface area contributed by atoms with Gasteiger partial charge in [-0.3, -0.25) is 0 Å². The van der Waals surface area contributed by atoms with Crippen LogP contribution >= 0.6 is 0 Å². The molecular formula is C47H27N3O. The van der Waals surface area contributed by atoms with E-state index in [0.29, 0.717) is 5.82 Å². The first kappa shape index (κ1) is 28.0. The maximum atomic E-state index is 6.44. The number of pyridine rings is 1. The van der Waals surface area contributed by atoms with E-state index in [0.717, 1.165) is 72.2 Å². The van der Waals surface area contributed by atoms with Crippen LogP contribution in [0.5, 0.6) is 0 Å². The summed E-state index contributed by atoms with van der Waals surface area (Å²) >= 11 is 0. The predicted molar refractivity (Wildman–Crippen MR) is 210 cm³/mol. The topological polar surface area (TPSA) is 51.8 Å². The van der Waals surface area contributed by atoms with E-state index in [1.165, 1.54) is 32.3 Å². The van der Waals surface area contributed by atoms with Crippen LogP contribution in [0, 0.1) is 0 Å². The van der Waals surface area contributed by atoms with E-state index in [9.17, 15) is 0 Å². The molecule has 0 N–H and O–H groups in total. The van der Waals surface area contributed by atoms with Gasteiger partial charge in [0.2, 0.25) is 0 Å². The third-order valence-corrected chi connectivity index (χ3v) is 10.2. The van der Waals surface area contributed by atoms with Crippen LogP contribution in [-0.4, -0.2) is 15.0 Å². The number of para-hydroxylation sites is 2. The molecule has 0 aliphatic carbocycles. The summed E-state index contributed by atoms with van der Waals surface area (Å²) in [6, 6.07) is 57.2. The van der Waals surface area contributed by atoms with E-state index in [4.69, 9.17) is 19.4 Å². The number of hydrogen-bond acceptors (Lipinski definition) is 4. The van der Waals surface area contributed by atoms with Gasteiger partial charge in [-0.15, -0.1) is 0 Å². The molecule has 0 aliphatic heterocycles. The second-order valence-corrected chi connectivity index (χ2v) is 13.2. The molecule has 0 fully saturated rings. The number of rotatable bonds is 4. The molecule has 11 rings (SSSR count). The Morgan fingerprint density at radius 1 is 0.392 bits per heavy atom. The highest BCUT2D eigenvalue weighted by atomic mass is 16.3. The van der Waals surface area contributed by atoms with Crippen molar-refractivity contribution < 1.29 is 4.42 Å². The van der Waals surface area contributed by atoms with Crippen LogP contribution in [0.3, 0.4) is 0 Å². The van der Waals surface area contributed by atoms with Crippen LogP contribution in [-0.2, 0) is 0 Å². The van der Waals surface area contributed by atoms with Crippen molar-refractivity contribution in [2.75, 3.05) is 0 Å². The Morgan fingerprint density at radius 2 is 1.06 bits per heavy atom. The van der Waals surface area contributed by atoms with Gasteiger partial charge in [-0.1, -0.05) is 140 Å². The van der Waals surface area contributed by atoms with Gasteiger partial charge in [0, 0.05) is 33.0 Å². The lowest BCUT2D eigenvalue weighted by atomic mass is 9.91. The first-order valence-corrected chi connectivity index (χ1v) is 17.2. The molecule has 0 atom stereocenters. The summed E-state index contributed by atoms with van der Waals surface area (Å²) in [5, 5.41) is 10.6. The zero-order valence-electron chi connectivity index (χ0n) is 27.3. The molecule has 0 aliphatic rings. The summed E-state index contributed by atoms with van der Waals surface area (Å²) in [7, 11) is 0. The Kier molecular flexibility index (Phi) is 5.92. The summed E-state index contributed by atoms with van der Waals surface area (Å²) in [4.78, 5) is 15.5. The van der Waals surface area contributed by atoms with Crippen molar-refractivity contribution in [2.24, 2.45) is 0 Å². The number of benzene rings is 8. The summed E-state index contributed by atoms with van der Waals surface area (Å²) in [5.74, 6) is 0.695. The Labute approximate surface area is 292 Å². The van der Waals surface area contributed by atoms with Crippen molar-refractivity contribution in [3.63, 3.8) is 0 Å². The molecule has 0 spiro atoms. The van der Waals surface area contributed by atoms with Crippen LogP contribution in [0.15, 0.2) is 168 Å². The zero-order chi connectivity index (χ0) is 33.5. The van der Waals surface area contributed by atoms with E-state index < -0.39 is 0 Å². The Hall–Kier alpha value is -6.91. The molecule has 0 saturated heterocycles. The fourth-order valence-corrected chi connectivity index (χ4v) is 7.83. The fraction of sp³-hybridized carbons (Fsp3) is 0. The largest absolute Gasteiger partial charge is 0.455 e. The van der Waals surface area contributed by atoms with Gasteiger partial charge in [-0.25, -0.2) is 15.0 Å². The highest BCUT2D eigenvalue weighted by molar-refractivity contribution is 6.25. The average Bonchev–Trinajstić information content (AvgIpc) is 3.60. The monoisotopic (exact) mass is 649 g/mol. The maximum absolute atomic E-state index is 6.44. The predicted octanol–water partition coefficient (Wildman–Crippen LogP) is 12.5. The van der Waals surface area contributed by atoms with Crippen LogP contribution in [0.4, 0.5) is 0 Å². The van der Waals surface area contributed by atoms with E-state index in [1.54, 1.807) is 0 Å². The minimum absolute atomic E-state index is 0.695. The highest BCUT2D eigenvalue weighted by Gasteiger charge is 2.19. The Balaban J connectivity index is 1.10. The summed E-state index contributed by atoms with van der Waals surface area (Å²) in [6.45, 7) is 0. The molecule has 0 amide bonds. The average molecular weight is 650 g/mol. The molecule has 4 heteroatoms. The molecule has 4 nitrogen and oxygen atoms in total. The minimum Gasteiger partial charge on any atom is -0.455 e. The molecule has 0 radical (unpaired) electrons. The van der Waals surface area contributed by atoms with E-state index >= 15 is 0 Å². The number of hydrogen-bond donors (Lipinski definition) is 0. The van der Waals surface area contributed by atoms with Crippen molar-refractivity contribution in [1.29, 1.82) is 0 Å². The molecule has 3 aromatic heterocycles. The quantitative estimate of drug-likeness (QED) is 0.178. The molecule has 0 saturated carbocycles. The second kappa shape index (κ2) is 10.8. The van der Waals surface area contributed by atoms with Gasteiger partial charge in [0.15, 0.2) is 5.82 Å². The third-order valence-electron chi connectivity index (χ3n) is 10.2. The molecule has 51 heavy (non-hydrogen) atoms. The highest BCUT2D eigenvalue weighted by Crippen LogP contribution is 2.42. The standard InChI is InChI=1S/C47H27N3O/c1-2-9-33(10-3-1)47-49-39(27-40(50-47)34-25-23-31-20-19-29-11-8-12-30-24-26-35(34)43(31)42(29)30)28-17-21-32(22-18-28)45-44-37-14-5-7-16-41(37)51-46(44)36-13-4-6-15-38(36)48-45/h1-27H. The Morgan fingerprint density at radius 3 is 1.90 bits per heavy atom. The van der Waals surface area contributed by atoms with Crippen LogP contribution in [0.1, 0.15) is 0 Å². The van der Waals surface area contributed by atoms with Crippen molar-refractivity contribution >= 4 is 65.2 Å². The van der Waals surface area contributed by atoms with E-state index in [-0.39, 0.29) is 0 Å². The minimum atomic E-state index is 0.695. The van der Waals surface area contributed by atoms with Crippen LogP contribution in [0.25, 0.3) is 110 Å². The van der Waals surface area contributed by atoms with Crippen LogP contribution < -0.4 is 0 Å². The zero-order valence-corrected chi connectivity index (χ0v) is 27.3. The summed E-state index contributed by atoms with van der Waals surface area (Å²) in [5.41, 5.74) is 9.38. The lowest BCUT2D eigenvalue weighted by Gasteiger charge is -2.15. The van der Waals surface area contributed by atoms with Gasteiger partial charge in [0.1, 0.15) is 11.2 Å². The van der Waals surface area contributed by atoms with Gasteiger partial charge in [0.05, 0.1) is 28.0 Å². The molecule has 8 aromatic carbocycles. The van der Waals surface area contributed by atoms with Gasteiger partial charge < -0.3 is 4.42 Å². The molecule has 0 bridgehead atoms. The SMILES string of the molecule is c1ccc(-c2nc(-c3ccc(-c4nc5ccccc5c5oc6ccccc6c45)cc3)cc(-c3ccc4ccc5cccc6ccc3c4c56)n2)cc1. The lowest BCUT2D eigenvalue weighted by Crippen LogP contribution is -1.97. The normalized spacial score (nSPS) is 11.9. The van der Waals surface area contributed by atoms with E-state index in [2.05, 4.69) is 115 Å². The van der Waals surface area contributed by atoms with Gasteiger partial charge in [-0.05, 0) is 56.6 Å². The van der Waals surface area contributed by atoms with Gasteiger partial charge >= 0.3 is 0 Å². The smallest absolute Gasteiger partial charge is 0.160 e. The fourth-order valence-electron chi connectivity index (χ4n) is 7.83. The van der Waals surface area contributed by atoms with Crippen molar-refractivity contribution in [3.05, 3.63) is 164 Å². The van der Waals surface area contributed by atoms with Crippen molar-refractivity contribution in [2.45, 2.75) is 0 Å². The Bertz CT molecular complexity index is 3110. The first-order chi connectivity index (χ1) is 25.3. The summed E-state index contributed by atoms with van der Waals surface area (Å²) in [6.07, 6.45) is 0. The van der Waals surface area contributed by atoms with Gasteiger partial charge in [-0.2, -0.15) is 0 Å². The molecule has 11 aromatic rings. The number of aromatic nitrogens is 3. The first-order valence-electron chi connectivity index (χ1n) is 17.2. The second-order valence-electron chi connectivity index (χ2n) is 13.2. The molecule has 236 valence electrons. The molecular weight excluding hydrogens is 623 g/mol. The number of furan rings is 1. The number of nitrogens with zero attached hydrogens (tertiary/aromatic N) is 3. The van der Waals surface area contributed by atoms with Crippen LogP contribution in [0.2, 0.25) is 0 Å². The lowest BCUT2D eigenvalue weighted by molar-refractivity contribution is 0.672. The molecule has 3 heterocycles. The van der Waals surface area contributed by atoms with Crippen molar-refractivity contribution in [1.82, 2.24) is 15.0 Å². The summed E-state index contributed by atoms with van der Waals surface area (Å²) < 4.78 is 6.44.